The molecule has 2 aromatic rings. The van der Waals surface area contributed by atoms with E-state index < -0.39 is 5.97 Å². The second-order valence-electron chi connectivity index (χ2n) is 8.07. The van der Waals surface area contributed by atoms with Crippen LogP contribution in [0.25, 0.3) is 11.5 Å². The van der Waals surface area contributed by atoms with Crippen molar-refractivity contribution in [3.8, 4) is 11.5 Å². The number of aromatic nitrogens is 1. The van der Waals surface area contributed by atoms with Gasteiger partial charge < -0.3 is 23.9 Å². The highest BCUT2D eigenvalue weighted by molar-refractivity contribution is 5.90. The van der Waals surface area contributed by atoms with E-state index >= 15 is 0 Å². The molecule has 0 saturated carbocycles. The minimum Gasteiger partial charge on any atom is -0.464 e. The van der Waals surface area contributed by atoms with Gasteiger partial charge in [0.25, 0.3) is 0 Å². The number of carbonyl (C=O) groups excluding carboxylic acids is 2. The number of rotatable bonds is 8. The maximum absolute atomic E-state index is 12.5. The lowest BCUT2D eigenvalue weighted by Crippen LogP contribution is -2.40. The van der Waals surface area contributed by atoms with Crippen LogP contribution in [0.5, 0.6) is 0 Å². The van der Waals surface area contributed by atoms with Gasteiger partial charge in [-0.15, -0.1) is 0 Å². The largest absolute Gasteiger partial charge is 0.464 e. The normalized spacial score (nSPS) is 19.8. The fraction of sp³-hybridized carbons (Fsp3) is 0.545. The van der Waals surface area contributed by atoms with Crippen molar-refractivity contribution in [3.05, 3.63) is 36.2 Å². The van der Waals surface area contributed by atoms with Gasteiger partial charge in [-0.1, -0.05) is 13.8 Å². The van der Waals surface area contributed by atoms with Crippen LogP contribution in [0.4, 0.5) is 0 Å². The van der Waals surface area contributed by atoms with Crippen LogP contribution in [-0.4, -0.2) is 54.6 Å². The first-order chi connectivity index (χ1) is 14.0. The summed E-state index contributed by atoms with van der Waals surface area (Å²) in [7, 11) is 1.33. The van der Waals surface area contributed by atoms with E-state index in [9.17, 15) is 9.59 Å². The lowest BCUT2D eigenvalue weighted by molar-refractivity contribution is -0.121. The fourth-order valence-corrected chi connectivity index (χ4v) is 4.26. The molecular formula is C22H31N3O4. The van der Waals surface area contributed by atoms with Crippen LogP contribution < -0.4 is 5.32 Å². The van der Waals surface area contributed by atoms with Crippen LogP contribution in [0.3, 0.4) is 0 Å². The Labute approximate surface area is 172 Å². The number of likely N-dealkylation sites (tertiary alicyclic amines) is 1. The summed E-state index contributed by atoms with van der Waals surface area (Å²) in [4.78, 5) is 27.1. The third kappa shape index (κ3) is 5.50. The maximum atomic E-state index is 12.5. The Morgan fingerprint density at radius 2 is 1.97 bits per heavy atom. The second kappa shape index (κ2) is 9.78. The highest BCUT2D eigenvalue weighted by Gasteiger charge is 2.22. The molecule has 158 valence electrons. The van der Waals surface area contributed by atoms with Crippen molar-refractivity contribution in [2.24, 2.45) is 11.8 Å². The van der Waals surface area contributed by atoms with Crippen LogP contribution in [0.2, 0.25) is 0 Å². The molecule has 2 atom stereocenters. The zero-order chi connectivity index (χ0) is 20.8. The zero-order valence-electron chi connectivity index (χ0n) is 17.5. The number of ether oxygens (including phenoxy) is 1. The van der Waals surface area contributed by atoms with E-state index in [0.29, 0.717) is 23.7 Å². The number of hydrogen-bond acceptors (Lipinski definition) is 5. The summed E-state index contributed by atoms with van der Waals surface area (Å²) >= 11 is 0. The van der Waals surface area contributed by atoms with Crippen LogP contribution in [0.1, 0.15) is 37.2 Å². The van der Waals surface area contributed by atoms with E-state index in [1.807, 2.05) is 0 Å². The molecular weight excluding hydrogens is 370 g/mol. The van der Waals surface area contributed by atoms with E-state index in [2.05, 4.69) is 24.1 Å². The van der Waals surface area contributed by atoms with Crippen molar-refractivity contribution in [1.29, 1.82) is 0 Å². The van der Waals surface area contributed by atoms with Gasteiger partial charge in [-0.25, -0.2) is 4.79 Å². The summed E-state index contributed by atoms with van der Waals surface area (Å²) in [5.74, 6) is 1.45. The number of amides is 1. The molecule has 0 aliphatic carbocycles. The molecule has 2 aromatic heterocycles. The Morgan fingerprint density at radius 3 is 2.62 bits per heavy atom. The number of nitrogens with one attached hydrogen (secondary N) is 1. The molecule has 3 rings (SSSR count). The van der Waals surface area contributed by atoms with Gasteiger partial charge in [0.2, 0.25) is 5.91 Å². The van der Waals surface area contributed by atoms with Gasteiger partial charge in [0.05, 0.1) is 19.1 Å². The first kappa shape index (κ1) is 21.2. The van der Waals surface area contributed by atoms with Crippen molar-refractivity contribution in [3.63, 3.8) is 0 Å². The number of furan rings is 1. The summed E-state index contributed by atoms with van der Waals surface area (Å²) in [5.41, 5.74) is 0.993. The Hall–Kier alpha value is -2.54. The first-order valence-corrected chi connectivity index (χ1v) is 10.3. The predicted molar refractivity (Wildman–Crippen MR) is 110 cm³/mol. The smallest absolute Gasteiger partial charge is 0.354 e. The average Bonchev–Trinajstić information content (AvgIpc) is 3.33. The lowest BCUT2D eigenvalue weighted by atomic mass is 9.92. The van der Waals surface area contributed by atoms with Gasteiger partial charge in [-0.05, 0) is 55.5 Å². The quantitative estimate of drug-likeness (QED) is 0.544. The number of nitrogens with zero attached hydrogens (tertiary/aromatic N) is 2. The van der Waals surface area contributed by atoms with Crippen LogP contribution >= 0.6 is 0 Å². The third-order valence-corrected chi connectivity index (χ3v) is 5.37. The molecule has 29 heavy (non-hydrogen) atoms. The zero-order valence-corrected chi connectivity index (χ0v) is 17.5. The van der Waals surface area contributed by atoms with Gasteiger partial charge in [0.1, 0.15) is 18.0 Å². The van der Waals surface area contributed by atoms with Crippen molar-refractivity contribution >= 4 is 11.9 Å². The van der Waals surface area contributed by atoms with E-state index in [4.69, 9.17) is 9.15 Å². The van der Waals surface area contributed by atoms with Gasteiger partial charge in [0.15, 0.2) is 0 Å². The fourth-order valence-electron chi connectivity index (χ4n) is 4.26. The average molecular weight is 402 g/mol. The number of esters is 1. The minimum absolute atomic E-state index is 0.0330. The van der Waals surface area contributed by atoms with E-state index in [-0.39, 0.29) is 12.5 Å². The minimum atomic E-state index is -0.482. The van der Waals surface area contributed by atoms with Gasteiger partial charge in [-0.2, -0.15) is 0 Å². The molecule has 1 fully saturated rings. The summed E-state index contributed by atoms with van der Waals surface area (Å²) in [5, 5.41) is 2.97. The predicted octanol–water partition coefficient (Wildman–Crippen LogP) is 3.02. The number of piperidine rings is 1. The van der Waals surface area contributed by atoms with Crippen molar-refractivity contribution < 1.29 is 18.7 Å². The summed E-state index contributed by atoms with van der Waals surface area (Å²) in [6.07, 6.45) is 3.77. The summed E-state index contributed by atoms with van der Waals surface area (Å²) < 4.78 is 11.9. The van der Waals surface area contributed by atoms with E-state index in [1.54, 1.807) is 35.1 Å². The Morgan fingerprint density at radius 1 is 1.21 bits per heavy atom. The molecule has 0 aromatic carbocycles. The Bertz CT molecular complexity index is 802. The second-order valence-corrected chi connectivity index (χ2v) is 8.07. The molecule has 0 bridgehead atoms. The van der Waals surface area contributed by atoms with Crippen LogP contribution in [0.15, 0.2) is 34.9 Å². The van der Waals surface area contributed by atoms with Gasteiger partial charge in [-0.3, -0.25) is 4.79 Å². The maximum Gasteiger partial charge on any atom is 0.354 e. The van der Waals surface area contributed by atoms with E-state index in [1.165, 1.54) is 13.5 Å². The molecule has 7 heteroatoms. The topological polar surface area (TPSA) is 76.7 Å². The first-order valence-electron chi connectivity index (χ1n) is 10.3. The van der Waals surface area contributed by atoms with Gasteiger partial charge >= 0.3 is 5.97 Å². The monoisotopic (exact) mass is 401 g/mol. The molecule has 7 nitrogen and oxygen atoms in total. The SMILES string of the molecule is COC(=O)c1ccc(-c2ccco2)n1CC(=O)NCCCN1C[C@H](C)C[C@H](C)C1. The highest BCUT2D eigenvalue weighted by Crippen LogP contribution is 2.24. The molecule has 0 unspecified atom stereocenters. The molecule has 3 heterocycles. The number of hydrogen-bond donors (Lipinski definition) is 1. The van der Waals surface area contributed by atoms with Crippen LogP contribution in [-0.2, 0) is 16.1 Å². The van der Waals surface area contributed by atoms with Gasteiger partial charge in [0, 0.05) is 19.6 Å². The molecule has 1 saturated heterocycles. The van der Waals surface area contributed by atoms with Crippen LogP contribution in [0, 0.1) is 11.8 Å². The molecule has 1 aliphatic rings. The molecule has 1 N–H and O–H groups in total. The highest BCUT2D eigenvalue weighted by atomic mass is 16.5. The van der Waals surface area contributed by atoms with Crippen molar-refractivity contribution in [2.45, 2.75) is 33.2 Å². The van der Waals surface area contributed by atoms with Crippen molar-refractivity contribution in [2.75, 3.05) is 33.3 Å². The molecule has 0 radical (unpaired) electrons. The molecule has 1 amide bonds. The lowest BCUT2D eigenvalue weighted by Gasteiger charge is -2.34. The summed E-state index contributed by atoms with van der Waals surface area (Å²) in [6.45, 7) is 8.51. The summed E-state index contributed by atoms with van der Waals surface area (Å²) in [6, 6.07) is 6.98. The molecule has 1 aliphatic heterocycles. The standard InChI is InChI=1S/C22H31N3O4/c1-16-12-17(2)14-24(13-16)10-5-9-23-21(26)15-25-18(20-6-4-11-29-20)7-8-19(25)22(27)28-3/h4,6-8,11,16-17H,5,9-10,12-15H2,1-3H3,(H,23,26)/t16-,17+. The van der Waals surface area contributed by atoms with Crippen molar-refractivity contribution in [1.82, 2.24) is 14.8 Å². The van der Waals surface area contributed by atoms with E-state index in [0.717, 1.165) is 37.9 Å². The Balaban J connectivity index is 1.55. The molecule has 0 spiro atoms. The number of carbonyl (C=O) groups is 2. The Kier molecular flexibility index (Phi) is 7.14. The number of methoxy groups -OCH3 is 1. The third-order valence-electron chi connectivity index (χ3n) is 5.37.